The number of carbonyl (C=O) groups is 3. The first-order valence-corrected chi connectivity index (χ1v) is 29.0. The largest absolute Gasteiger partial charge is 0.545 e. The fraction of sp³-hybridized carbons (Fsp3) is 0.881. The van der Waals surface area contributed by atoms with E-state index in [2.05, 4.69) is 38.2 Å². The van der Waals surface area contributed by atoms with Crippen LogP contribution in [0.5, 0.6) is 0 Å². The zero-order valence-electron chi connectivity index (χ0n) is 45.5. The Labute approximate surface area is 420 Å². The summed E-state index contributed by atoms with van der Waals surface area (Å²) in [5.74, 6) is -2.27. The molecule has 68 heavy (non-hydrogen) atoms. The van der Waals surface area contributed by atoms with Crippen LogP contribution in [-0.4, -0.2) is 82.3 Å². The van der Waals surface area contributed by atoms with Gasteiger partial charge in [0, 0.05) is 12.8 Å². The van der Waals surface area contributed by atoms with E-state index in [4.69, 9.17) is 18.9 Å². The number of aliphatic carboxylic acids is 1. The fourth-order valence-electron chi connectivity index (χ4n) is 8.45. The van der Waals surface area contributed by atoms with Crippen molar-refractivity contribution in [3.63, 3.8) is 0 Å². The first-order chi connectivity index (χ1) is 33.1. The molecule has 0 spiro atoms. The summed E-state index contributed by atoms with van der Waals surface area (Å²) in [6, 6.07) is 0. The van der Waals surface area contributed by atoms with Gasteiger partial charge in [0.15, 0.2) is 12.4 Å². The van der Waals surface area contributed by atoms with E-state index >= 15 is 0 Å². The Morgan fingerprint density at radius 1 is 0.441 bits per heavy atom. The van der Waals surface area contributed by atoms with Gasteiger partial charge in [-0.3, -0.25) is 9.59 Å². The number of hydrogen-bond donors (Lipinski definition) is 0. The van der Waals surface area contributed by atoms with Crippen molar-refractivity contribution < 1.29 is 42.9 Å². The van der Waals surface area contributed by atoms with Crippen LogP contribution in [0, 0.1) is 0 Å². The molecule has 0 aliphatic carbocycles. The molecule has 0 bridgehead atoms. The van der Waals surface area contributed by atoms with Crippen molar-refractivity contribution in [2.45, 2.75) is 289 Å². The smallest absolute Gasteiger partial charge is 0.306 e. The number of allylic oxidation sites excluding steroid dienone is 4. The number of nitrogens with zero attached hydrogens (tertiary/aromatic N) is 1. The lowest BCUT2D eigenvalue weighted by Gasteiger charge is -2.26. The number of carboxylic acids is 1. The van der Waals surface area contributed by atoms with Gasteiger partial charge in [-0.05, 0) is 44.9 Å². The van der Waals surface area contributed by atoms with Crippen LogP contribution in [0.3, 0.4) is 0 Å². The van der Waals surface area contributed by atoms with Gasteiger partial charge in [0.1, 0.15) is 13.2 Å². The van der Waals surface area contributed by atoms with Gasteiger partial charge in [-0.1, -0.05) is 244 Å². The van der Waals surface area contributed by atoms with Crippen molar-refractivity contribution in [1.82, 2.24) is 0 Å². The third-order valence-electron chi connectivity index (χ3n) is 13.0. The zero-order valence-corrected chi connectivity index (χ0v) is 45.5. The third-order valence-corrected chi connectivity index (χ3v) is 13.0. The number of quaternary nitrogens is 1. The molecule has 0 saturated carbocycles. The number of unbranched alkanes of at least 4 members (excludes halogenated alkanes) is 35. The van der Waals surface area contributed by atoms with Gasteiger partial charge in [-0.2, -0.15) is 0 Å². The Hall–Kier alpha value is -2.23. The van der Waals surface area contributed by atoms with E-state index in [0.29, 0.717) is 17.4 Å². The van der Waals surface area contributed by atoms with E-state index < -0.39 is 24.3 Å². The van der Waals surface area contributed by atoms with Gasteiger partial charge in [0.25, 0.3) is 0 Å². The monoisotopic (exact) mass is 962 g/mol. The van der Waals surface area contributed by atoms with Crippen LogP contribution in [0.4, 0.5) is 0 Å². The molecule has 0 aromatic rings. The normalized spacial score (nSPS) is 12.9. The molecule has 9 heteroatoms. The average Bonchev–Trinajstić information content (AvgIpc) is 3.30. The summed E-state index contributed by atoms with van der Waals surface area (Å²) in [5.41, 5.74) is 0. The second-order valence-electron chi connectivity index (χ2n) is 20.9. The second kappa shape index (κ2) is 51.1. The zero-order chi connectivity index (χ0) is 49.9. The van der Waals surface area contributed by atoms with Crippen molar-refractivity contribution in [2.75, 3.05) is 47.5 Å². The number of esters is 2. The lowest BCUT2D eigenvalue weighted by Crippen LogP contribution is -2.44. The van der Waals surface area contributed by atoms with E-state index in [0.717, 1.165) is 44.9 Å². The van der Waals surface area contributed by atoms with Gasteiger partial charge in [-0.25, -0.2) is 0 Å². The number of rotatable bonds is 54. The van der Waals surface area contributed by atoms with Crippen LogP contribution in [0.25, 0.3) is 0 Å². The van der Waals surface area contributed by atoms with Crippen LogP contribution >= 0.6 is 0 Å². The van der Waals surface area contributed by atoms with Crippen LogP contribution in [0.1, 0.15) is 277 Å². The predicted octanol–water partition coefficient (Wildman–Crippen LogP) is 15.4. The Morgan fingerprint density at radius 2 is 0.794 bits per heavy atom. The standard InChI is InChI=1S/C59H111NO8/c1-6-8-10-12-14-16-18-19-20-21-22-23-24-25-26-27-28-29-30-31-32-33-34-35-36-37-38-39-40-42-44-46-48-50-57(62)68-55(54-67-59(58(63)64)65-52-51-60(3,4)5)53-66-56(61)49-47-45-43-41-17-15-13-11-9-7-2/h18-19,21-22,55,59H,6-17,20,23-54H2,1-5H3/b19-18-,22-21-. The number of hydrogen-bond acceptors (Lipinski definition) is 8. The molecule has 0 rings (SSSR count). The molecule has 0 aromatic heterocycles. The molecule has 0 aliphatic rings. The van der Waals surface area contributed by atoms with Crippen LogP contribution < -0.4 is 5.11 Å². The van der Waals surface area contributed by atoms with Gasteiger partial charge >= 0.3 is 11.9 Å². The van der Waals surface area contributed by atoms with Gasteiger partial charge in [0.2, 0.25) is 0 Å². The maximum Gasteiger partial charge on any atom is 0.306 e. The third kappa shape index (κ3) is 51.6. The maximum absolute atomic E-state index is 12.8. The highest BCUT2D eigenvalue weighted by Gasteiger charge is 2.22. The number of carbonyl (C=O) groups excluding carboxylic acids is 3. The molecule has 2 atom stereocenters. The molecule has 2 unspecified atom stereocenters. The minimum absolute atomic E-state index is 0.151. The Kier molecular flexibility index (Phi) is 49.5. The van der Waals surface area contributed by atoms with Gasteiger partial charge < -0.3 is 33.3 Å². The van der Waals surface area contributed by atoms with Crippen LogP contribution in [0.2, 0.25) is 0 Å². The van der Waals surface area contributed by atoms with Crippen molar-refractivity contribution >= 4 is 17.9 Å². The number of likely N-dealkylation sites (N-methyl/N-ethyl adjacent to an activating group) is 1. The lowest BCUT2D eigenvalue weighted by atomic mass is 10.0. The summed E-state index contributed by atoms with van der Waals surface area (Å²) in [7, 11) is 5.92. The second-order valence-corrected chi connectivity index (χ2v) is 20.9. The van der Waals surface area contributed by atoms with E-state index in [1.807, 2.05) is 21.1 Å². The summed E-state index contributed by atoms with van der Waals surface area (Å²) < 4.78 is 22.6. The predicted molar refractivity (Wildman–Crippen MR) is 283 cm³/mol. The van der Waals surface area contributed by atoms with E-state index in [9.17, 15) is 19.5 Å². The van der Waals surface area contributed by atoms with E-state index in [1.165, 1.54) is 205 Å². The Bertz CT molecular complexity index is 1170. The first-order valence-electron chi connectivity index (χ1n) is 29.0. The SMILES string of the molecule is CCCCCCC/C=C\C/C=C\CCCCCCCCCCCCCCCCCCCCCCCC(=O)OC(COC(=O)CCCCCCCCCCCC)COC(OCC[N+](C)(C)C)C(=O)[O-]. The number of carboxylic acid groups (broad SMARTS) is 1. The topological polar surface area (TPSA) is 111 Å². The quantitative estimate of drug-likeness (QED) is 0.0195. The minimum atomic E-state index is -1.61. The molecular formula is C59H111NO8. The van der Waals surface area contributed by atoms with E-state index in [-0.39, 0.29) is 32.2 Å². The summed E-state index contributed by atoms with van der Waals surface area (Å²) in [5, 5.41) is 11.7. The number of ether oxygens (including phenoxy) is 4. The highest BCUT2D eigenvalue weighted by molar-refractivity contribution is 5.70. The Balaban J connectivity index is 3.99. The highest BCUT2D eigenvalue weighted by atomic mass is 16.7. The van der Waals surface area contributed by atoms with Gasteiger partial charge in [0.05, 0.1) is 40.3 Å². The first kappa shape index (κ1) is 65.8. The van der Waals surface area contributed by atoms with Crippen LogP contribution in [0.15, 0.2) is 24.3 Å². The maximum atomic E-state index is 12.8. The van der Waals surface area contributed by atoms with E-state index in [1.54, 1.807) is 0 Å². The summed E-state index contributed by atoms with van der Waals surface area (Å²) in [4.78, 5) is 37.1. The van der Waals surface area contributed by atoms with Gasteiger partial charge in [-0.15, -0.1) is 0 Å². The minimum Gasteiger partial charge on any atom is -0.545 e. The van der Waals surface area contributed by atoms with Crippen LogP contribution in [-0.2, 0) is 33.3 Å². The summed E-state index contributed by atoms with van der Waals surface area (Å²) in [6.07, 6.45) is 56.8. The van der Waals surface area contributed by atoms with Crippen molar-refractivity contribution in [3.8, 4) is 0 Å². The van der Waals surface area contributed by atoms with Crippen molar-refractivity contribution in [1.29, 1.82) is 0 Å². The lowest BCUT2D eigenvalue weighted by molar-refractivity contribution is -0.870. The molecule has 0 saturated heterocycles. The fourth-order valence-corrected chi connectivity index (χ4v) is 8.45. The molecule has 0 aliphatic heterocycles. The van der Waals surface area contributed by atoms with Crippen molar-refractivity contribution in [3.05, 3.63) is 24.3 Å². The molecule has 400 valence electrons. The molecule has 0 fully saturated rings. The molecule has 0 amide bonds. The Morgan fingerprint density at radius 3 is 1.16 bits per heavy atom. The molecule has 9 nitrogen and oxygen atoms in total. The van der Waals surface area contributed by atoms with Crippen molar-refractivity contribution in [2.24, 2.45) is 0 Å². The average molecular weight is 963 g/mol. The molecule has 0 N–H and O–H groups in total. The summed E-state index contributed by atoms with van der Waals surface area (Å²) in [6.45, 7) is 4.75. The molecule has 0 radical (unpaired) electrons. The molecule has 0 heterocycles. The molecule has 0 aromatic carbocycles. The summed E-state index contributed by atoms with van der Waals surface area (Å²) >= 11 is 0. The molecular weight excluding hydrogens is 851 g/mol. The highest BCUT2D eigenvalue weighted by Crippen LogP contribution is 2.17.